The van der Waals surface area contributed by atoms with E-state index < -0.39 is 5.82 Å². The van der Waals surface area contributed by atoms with Crippen LogP contribution in [0, 0.1) is 17.1 Å². The molecule has 8 nitrogen and oxygen atoms in total. The van der Waals surface area contributed by atoms with Gasteiger partial charge in [-0.2, -0.15) is 10.4 Å². The summed E-state index contributed by atoms with van der Waals surface area (Å²) in [5.74, 6) is 0.364. The van der Waals surface area contributed by atoms with E-state index in [0.717, 1.165) is 16.9 Å². The van der Waals surface area contributed by atoms with Crippen molar-refractivity contribution in [1.82, 2.24) is 19.7 Å². The Kier molecular flexibility index (Phi) is 5.89. The first-order chi connectivity index (χ1) is 16.9. The predicted molar refractivity (Wildman–Crippen MR) is 130 cm³/mol. The second kappa shape index (κ2) is 9.16. The highest BCUT2D eigenvalue weighted by Gasteiger charge is 2.28. The Balaban J connectivity index is 1.43. The molecule has 1 amide bonds. The van der Waals surface area contributed by atoms with Crippen LogP contribution in [0.15, 0.2) is 54.9 Å². The van der Waals surface area contributed by atoms with Crippen LogP contribution in [0.3, 0.4) is 0 Å². The van der Waals surface area contributed by atoms with E-state index in [1.54, 1.807) is 40.2 Å². The van der Waals surface area contributed by atoms with Crippen molar-refractivity contribution in [3.05, 3.63) is 82.4 Å². The van der Waals surface area contributed by atoms with Gasteiger partial charge in [-0.05, 0) is 47.9 Å². The van der Waals surface area contributed by atoms with Crippen LogP contribution in [0.25, 0.3) is 11.3 Å². The number of carbonyl (C=O) groups is 1. The van der Waals surface area contributed by atoms with Gasteiger partial charge in [0.1, 0.15) is 17.7 Å². The van der Waals surface area contributed by atoms with E-state index in [1.165, 1.54) is 12.1 Å². The number of halogens is 2. The molecule has 35 heavy (non-hydrogen) atoms. The highest BCUT2D eigenvalue weighted by Crippen LogP contribution is 2.36. The van der Waals surface area contributed by atoms with Crippen LogP contribution in [0.4, 0.5) is 21.8 Å². The van der Waals surface area contributed by atoms with Gasteiger partial charge in [-0.1, -0.05) is 17.7 Å². The molecule has 0 bridgehead atoms. The number of nitrogens with zero attached hydrogens (tertiary/aromatic N) is 6. The lowest BCUT2D eigenvalue weighted by Gasteiger charge is -2.19. The summed E-state index contributed by atoms with van der Waals surface area (Å²) in [4.78, 5) is 23.5. The zero-order valence-corrected chi connectivity index (χ0v) is 19.4. The van der Waals surface area contributed by atoms with Gasteiger partial charge in [0, 0.05) is 31.4 Å². The van der Waals surface area contributed by atoms with Crippen LogP contribution in [-0.2, 0) is 24.7 Å². The Morgan fingerprint density at radius 1 is 1.23 bits per heavy atom. The number of carbonyl (C=O) groups excluding carboxylic acids is 1. The second-order valence-electron chi connectivity index (χ2n) is 8.09. The number of fused-ring (bicyclic) bond motifs is 1. The Labute approximate surface area is 205 Å². The third-order valence-electron chi connectivity index (χ3n) is 5.84. The number of hydrogen-bond donors (Lipinski definition) is 1. The number of aryl methyl sites for hydroxylation is 1. The van der Waals surface area contributed by atoms with Crippen molar-refractivity contribution in [2.24, 2.45) is 7.05 Å². The first-order valence-electron chi connectivity index (χ1n) is 10.8. The highest BCUT2D eigenvalue weighted by molar-refractivity contribution is 6.30. The summed E-state index contributed by atoms with van der Waals surface area (Å²) < 4.78 is 15.5. The molecule has 0 radical (unpaired) electrons. The highest BCUT2D eigenvalue weighted by atomic mass is 35.5. The topological polar surface area (TPSA) is 99.7 Å². The number of hydrogen-bond acceptors (Lipinski definition) is 6. The van der Waals surface area contributed by atoms with Gasteiger partial charge in [-0.3, -0.25) is 9.48 Å². The SMILES string of the molecule is Cn1nccc1Nc1nccc(-c2cc(C#N)c3c(c2)CCN3C(=O)Cc2ccc(Cl)c(F)c2)n1. The third-order valence-corrected chi connectivity index (χ3v) is 6.14. The van der Waals surface area contributed by atoms with E-state index in [9.17, 15) is 14.4 Å². The van der Waals surface area contributed by atoms with E-state index in [4.69, 9.17) is 11.6 Å². The molecular formula is C25H19ClFN7O. The maximum absolute atomic E-state index is 13.8. The normalized spacial score (nSPS) is 12.3. The second-order valence-corrected chi connectivity index (χ2v) is 8.50. The number of anilines is 3. The molecule has 0 aliphatic carbocycles. The molecule has 174 valence electrons. The molecule has 3 heterocycles. The van der Waals surface area contributed by atoms with E-state index in [1.807, 2.05) is 19.2 Å². The minimum Gasteiger partial charge on any atom is -0.310 e. The summed E-state index contributed by atoms with van der Waals surface area (Å²) in [5.41, 5.74) is 3.78. The fourth-order valence-electron chi connectivity index (χ4n) is 4.14. The number of nitriles is 1. The molecule has 2 aromatic heterocycles. The molecular weight excluding hydrogens is 469 g/mol. The Morgan fingerprint density at radius 3 is 2.83 bits per heavy atom. The Hall–Kier alpha value is -4.29. The molecule has 4 aromatic rings. The van der Waals surface area contributed by atoms with Gasteiger partial charge < -0.3 is 10.2 Å². The zero-order valence-electron chi connectivity index (χ0n) is 18.7. The molecule has 0 atom stereocenters. The van der Waals surface area contributed by atoms with Crippen molar-refractivity contribution in [3.8, 4) is 17.3 Å². The molecule has 0 saturated carbocycles. The summed E-state index contributed by atoms with van der Waals surface area (Å²) in [6, 6.07) is 13.8. The van der Waals surface area contributed by atoms with Gasteiger partial charge in [-0.15, -0.1) is 0 Å². The molecule has 0 saturated heterocycles. The van der Waals surface area contributed by atoms with Gasteiger partial charge in [-0.25, -0.2) is 14.4 Å². The minimum atomic E-state index is -0.566. The van der Waals surface area contributed by atoms with Crippen LogP contribution in [-0.4, -0.2) is 32.2 Å². The summed E-state index contributed by atoms with van der Waals surface area (Å²) in [7, 11) is 1.81. The lowest BCUT2D eigenvalue weighted by atomic mass is 10.0. The summed E-state index contributed by atoms with van der Waals surface area (Å²) in [5, 5.41) is 17.1. The van der Waals surface area contributed by atoms with E-state index in [-0.39, 0.29) is 17.4 Å². The predicted octanol–water partition coefficient (Wildman–Crippen LogP) is 4.42. The van der Waals surface area contributed by atoms with Crippen LogP contribution in [0.2, 0.25) is 5.02 Å². The molecule has 5 rings (SSSR count). The van der Waals surface area contributed by atoms with Crippen LogP contribution >= 0.6 is 11.6 Å². The summed E-state index contributed by atoms with van der Waals surface area (Å²) >= 11 is 5.74. The lowest BCUT2D eigenvalue weighted by Crippen LogP contribution is -2.31. The number of amides is 1. The fraction of sp³-hybridized carbons (Fsp3) is 0.160. The van der Waals surface area contributed by atoms with E-state index in [0.29, 0.717) is 41.4 Å². The van der Waals surface area contributed by atoms with E-state index in [2.05, 4.69) is 26.5 Å². The minimum absolute atomic E-state index is 0.00903. The Morgan fingerprint density at radius 2 is 2.09 bits per heavy atom. The van der Waals surface area contributed by atoms with Crippen molar-refractivity contribution in [1.29, 1.82) is 5.26 Å². The molecule has 0 spiro atoms. The smallest absolute Gasteiger partial charge is 0.231 e. The molecule has 1 aliphatic heterocycles. The van der Waals surface area contributed by atoms with Gasteiger partial charge >= 0.3 is 0 Å². The Bertz CT molecular complexity index is 1490. The number of benzene rings is 2. The van der Waals surface area contributed by atoms with Crippen LogP contribution in [0.1, 0.15) is 16.7 Å². The third kappa shape index (κ3) is 4.44. The average molecular weight is 488 g/mol. The molecule has 2 aromatic carbocycles. The van der Waals surface area contributed by atoms with Crippen LogP contribution < -0.4 is 10.2 Å². The van der Waals surface area contributed by atoms with Gasteiger partial charge in [0.25, 0.3) is 0 Å². The lowest BCUT2D eigenvalue weighted by molar-refractivity contribution is -0.117. The molecule has 0 unspecified atom stereocenters. The van der Waals surface area contributed by atoms with Crippen molar-refractivity contribution < 1.29 is 9.18 Å². The van der Waals surface area contributed by atoms with Crippen molar-refractivity contribution >= 4 is 35.0 Å². The van der Waals surface area contributed by atoms with Gasteiger partial charge in [0.2, 0.25) is 11.9 Å². The summed E-state index contributed by atoms with van der Waals surface area (Å²) in [6.45, 7) is 0.444. The molecule has 10 heteroatoms. The molecule has 0 fully saturated rings. The fourth-order valence-corrected chi connectivity index (χ4v) is 4.26. The largest absolute Gasteiger partial charge is 0.310 e. The number of nitrogens with one attached hydrogen (secondary N) is 1. The average Bonchev–Trinajstić information content (AvgIpc) is 3.47. The number of rotatable bonds is 5. The number of aromatic nitrogens is 4. The quantitative estimate of drug-likeness (QED) is 0.447. The maximum atomic E-state index is 13.8. The van der Waals surface area contributed by atoms with E-state index >= 15 is 0 Å². The van der Waals surface area contributed by atoms with Gasteiger partial charge in [0.05, 0.1) is 34.6 Å². The monoisotopic (exact) mass is 487 g/mol. The molecule has 1 aliphatic rings. The van der Waals surface area contributed by atoms with Crippen molar-refractivity contribution in [3.63, 3.8) is 0 Å². The van der Waals surface area contributed by atoms with Crippen LogP contribution in [0.5, 0.6) is 0 Å². The van der Waals surface area contributed by atoms with Crippen molar-refractivity contribution in [2.45, 2.75) is 12.8 Å². The van der Waals surface area contributed by atoms with Crippen molar-refractivity contribution in [2.75, 3.05) is 16.8 Å². The standard InChI is InChI=1S/C25H19ClFN7O/c1-33-22(5-8-30-33)32-25-29-7-4-21(31-25)17-12-16-6-9-34(24(16)18(13-17)14-28)23(35)11-15-2-3-19(26)20(27)10-15/h2-5,7-8,10,12-13H,6,9,11H2,1H3,(H,29,31,32). The molecule has 1 N–H and O–H groups in total. The summed E-state index contributed by atoms with van der Waals surface area (Å²) in [6.07, 6.45) is 3.92. The zero-order chi connectivity index (χ0) is 24.5. The first kappa shape index (κ1) is 22.5. The maximum Gasteiger partial charge on any atom is 0.231 e. The first-order valence-corrected chi connectivity index (χ1v) is 11.2. The van der Waals surface area contributed by atoms with Gasteiger partial charge in [0.15, 0.2) is 0 Å².